The summed E-state index contributed by atoms with van der Waals surface area (Å²) < 4.78 is 0. The molecule has 4 bridgehead atoms. The van der Waals surface area contributed by atoms with Crippen LogP contribution >= 0.6 is 11.3 Å². The summed E-state index contributed by atoms with van der Waals surface area (Å²) in [6.07, 6.45) is 7.23. The zero-order valence-electron chi connectivity index (χ0n) is 17.1. The van der Waals surface area contributed by atoms with E-state index in [0.717, 1.165) is 47.6 Å². The van der Waals surface area contributed by atoms with Crippen molar-refractivity contribution in [3.8, 4) is 10.6 Å². The largest absolute Gasteiger partial charge is 0.333 e. The Morgan fingerprint density at radius 3 is 2.30 bits per heavy atom. The maximum atomic E-state index is 12.7. The lowest BCUT2D eigenvalue weighted by Crippen LogP contribution is -2.62. The predicted octanol–water partition coefficient (Wildman–Crippen LogP) is 3.80. The third-order valence-electron chi connectivity index (χ3n) is 6.83. The molecule has 0 spiro atoms. The van der Waals surface area contributed by atoms with Crippen molar-refractivity contribution < 1.29 is 9.59 Å². The Morgan fingerprint density at radius 2 is 1.67 bits per heavy atom. The molecule has 1 aromatic carbocycles. The molecule has 8 heteroatoms. The first kappa shape index (κ1) is 19.5. The van der Waals surface area contributed by atoms with Crippen LogP contribution in [0.4, 0.5) is 9.93 Å². The van der Waals surface area contributed by atoms with Gasteiger partial charge >= 0.3 is 6.03 Å². The molecule has 30 heavy (non-hydrogen) atoms. The van der Waals surface area contributed by atoms with E-state index >= 15 is 0 Å². The number of rotatable bonds is 5. The van der Waals surface area contributed by atoms with Gasteiger partial charge in [0.2, 0.25) is 11.0 Å². The van der Waals surface area contributed by atoms with E-state index in [1.807, 2.05) is 30.3 Å². The lowest BCUT2D eigenvalue weighted by Gasteiger charge is -2.56. The van der Waals surface area contributed by atoms with Crippen molar-refractivity contribution in [3.05, 3.63) is 30.3 Å². The molecule has 0 aliphatic heterocycles. The number of urea groups is 1. The van der Waals surface area contributed by atoms with Crippen molar-refractivity contribution in [1.29, 1.82) is 0 Å². The fourth-order valence-corrected chi connectivity index (χ4v) is 6.74. The molecule has 158 valence electrons. The Morgan fingerprint density at radius 1 is 1.03 bits per heavy atom. The molecule has 0 radical (unpaired) electrons. The monoisotopic (exact) mass is 425 g/mol. The number of benzene rings is 1. The summed E-state index contributed by atoms with van der Waals surface area (Å²) >= 11 is 1.31. The van der Waals surface area contributed by atoms with Crippen molar-refractivity contribution >= 4 is 28.4 Å². The number of hydrogen-bond donors (Lipinski definition) is 3. The molecular formula is C22H27N5O2S. The third-order valence-corrected chi connectivity index (χ3v) is 7.72. The minimum atomic E-state index is -0.664. The maximum Gasteiger partial charge on any atom is 0.315 e. The summed E-state index contributed by atoms with van der Waals surface area (Å²) in [5.41, 5.74) is 0.885. The summed E-state index contributed by atoms with van der Waals surface area (Å²) in [4.78, 5) is 25.2. The Kier molecular flexibility index (Phi) is 4.97. The molecule has 3 amide bonds. The van der Waals surface area contributed by atoms with Crippen molar-refractivity contribution in [1.82, 2.24) is 20.8 Å². The van der Waals surface area contributed by atoms with Gasteiger partial charge in [-0.3, -0.25) is 10.1 Å². The van der Waals surface area contributed by atoms with E-state index in [1.165, 1.54) is 30.6 Å². The lowest BCUT2D eigenvalue weighted by atomic mass is 9.53. The standard InChI is InChI=1S/C22H27N5O2S/c1-13(18(28)24-21-27-26-19(30-21)17-5-3-2-4-6-17)23-20(29)25-22-10-14-7-15(11-22)9-16(8-14)12-22/h2-6,13-16H,7-12H2,1H3,(H2,23,25,29)(H,24,27,28). The minimum absolute atomic E-state index is 0.0706. The average molecular weight is 426 g/mol. The molecule has 3 N–H and O–H groups in total. The second kappa shape index (κ2) is 7.65. The Labute approximate surface area is 180 Å². The molecule has 1 aromatic heterocycles. The first-order chi connectivity index (χ1) is 14.5. The highest BCUT2D eigenvalue weighted by atomic mass is 32.1. The van der Waals surface area contributed by atoms with Crippen LogP contribution in [-0.4, -0.2) is 33.7 Å². The highest BCUT2D eigenvalue weighted by Gasteiger charge is 2.51. The molecule has 0 saturated heterocycles. The number of nitrogens with one attached hydrogen (secondary N) is 3. The Balaban J connectivity index is 1.16. The van der Waals surface area contributed by atoms with Crippen molar-refractivity contribution in [2.75, 3.05) is 5.32 Å². The van der Waals surface area contributed by atoms with Crippen LogP contribution in [0.15, 0.2) is 30.3 Å². The van der Waals surface area contributed by atoms with Crippen LogP contribution in [-0.2, 0) is 4.79 Å². The molecule has 1 heterocycles. The predicted molar refractivity (Wildman–Crippen MR) is 116 cm³/mol. The fraction of sp³-hybridized carbons (Fsp3) is 0.545. The molecular weight excluding hydrogens is 398 g/mol. The van der Waals surface area contributed by atoms with E-state index < -0.39 is 6.04 Å². The van der Waals surface area contributed by atoms with Crippen LogP contribution in [0.2, 0.25) is 0 Å². The Hall–Kier alpha value is -2.48. The van der Waals surface area contributed by atoms with Crippen LogP contribution in [0, 0.1) is 17.8 Å². The van der Waals surface area contributed by atoms with Gasteiger partial charge in [-0.1, -0.05) is 41.7 Å². The number of carbonyl (C=O) groups is 2. The molecule has 4 aliphatic rings. The topological polar surface area (TPSA) is 96.0 Å². The molecule has 4 fully saturated rings. The SMILES string of the molecule is CC(NC(=O)NC12CC3CC(CC(C3)C1)C2)C(=O)Nc1nnc(-c2ccccc2)s1. The van der Waals surface area contributed by atoms with E-state index in [4.69, 9.17) is 0 Å². The molecule has 6 rings (SSSR count). The molecule has 2 aromatic rings. The lowest BCUT2D eigenvalue weighted by molar-refractivity contribution is -0.117. The van der Waals surface area contributed by atoms with Gasteiger partial charge in [0.15, 0.2) is 0 Å². The summed E-state index contributed by atoms with van der Waals surface area (Å²) in [6, 6.07) is 8.79. The average Bonchev–Trinajstić information content (AvgIpc) is 3.15. The zero-order chi connectivity index (χ0) is 20.7. The minimum Gasteiger partial charge on any atom is -0.333 e. The fourth-order valence-electron chi connectivity index (χ4n) is 5.99. The first-order valence-electron chi connectivity index (χ1n) is 10.8. The highest BCUT2D eigenvalue weighted by Crippen LogP contribution is 2.55. The van der Waals surface area contributed by atoms with Gasteiger partial charge in [0.1, 0.15) is 11.0 Å². The van der Waals surface area contributed by atoms with Gasteiger partial charge in [0.05, 0.1) is 0 Å². The normalized spacial score (nSPS) is 30.0. The summed E-state index contributed by atoms with van der Waals surface area (Å²) in [5, 5.41) is 18.2. The summed E-state index contributed by atoms with van der Waals surface area (Å²) in [5.74, 6) is 1.97. The van der Waals surface area contributed by atoms with Crippen LogP contribution in [0.5, 0.6) is 0 Å². The van der Waals surface area contributed by atoms with Gasteiger partial charge in [0, 0.05) is 11.1 Å². The van der Waals surface area contributed by atoms with E-state index in [0.29, 0.717) is 5.13 Å². The van der Waals surface area contributed by atoms with Crippen molar-refractivity contribution in [2.45, 2.75) is 57.0 Å². The second-order valence-corrected chi connectivity index (χ2v) is 10.3. The number of hydrogen-bond acceptors (Lipinski definition) is 5. The van der Waals surface area contributed by atoms with Gasteiger partial charge in [-0.05, 0) is 63.2 Å². The second-order valence-electron chi connectivity index (χ2n) is 9.29. The number of carbonyl (C=O) groups excluding carboxylic acids is 2. The number of amides is 3. The molecule has 1 atom stereocenters. The zero-order valence-corrected chi connectivity index (χ0v) is 17.9. The van der Waals surface area contributed by atoms with Crippen LogP contribution < -0.4 is 16.0 Å². The Bertz CT molecular complexity index is 909. The van der Waals surface area contributed by atoms with Gasteiger partial charge in [-0.2, -0.15) is 0 Å². The quantitative estimate of drug-likeness (QED) is 0.679. The molecule has 4 saturated carbocycles. The number of aromatic nitrogens is 2. The third kappa shape index (κ3) is 3.93. The van der Waals surface area contributed by atoms with Crippen LogP contribution in [0.25, 0.3) is 10.6 Å². The number of nitrogens with zero attached hydrogens (tertiary/aromatic N) is 2. The van der Waals surface area contributed by atoms with E-state index in [-0.39, 0.29) is 17.5 Å². The summed E-state index contributed by atoms with van der Waals surface area (Å²) in [7, 11) is 0. The smallest absolute Gasteiger partial charge is 0.315 e. The molecule has 7 nitrogen and oxygen atoms in total. The molecule has 4 aliphatic carbocycles. The first-order valence-corrected chi connectivity index (χ1v) is 11.6. The van der Waals surface area contributed by atoms with Gasteiger partial charge in [-0.25, -0.2) is 4.79 Å². The van der Waals surface area contributed by atoms with E-state index in [9.17, 15) is 9.59 Å². The van der Waals surface area contributed by atoms with Gasteiger partial charge < -0.3 is 10.6 Å². The number of anilines is 1. The van der Waals surface area contributed by atoms with Crippen molar-refractivity contribution in [2.24, 2.45) is 17.8 Å². The van der Waals surface area contributed by atoms with Crippen molar-refractivity contribution in [3.63, 3.8) is 0 Å². The van der Waals surface area contributed by atoms with Crippen LogP contribution in [0.1, 0.15) is 45.4 Å². The summed E-state index contributed by atoms with van der Waals surface area (Å²) in [6.45, 7) is 1.69. The molecule has 1 unspecified atom stereocenters. The van der Waals surface area contributed by atoms with Crippen LogP contribution in [0.3, 0.4) is 0 Å². The van der Waals surface area contributed by atoms with Gasteiger partial charge in [0.25, 0.3) is 0 Å². The maximum absolute atomic E-state index is 12.7. The van der Waals surface area contributed by atoms with E-state index in [2.05, 4.69) is 26.1 Å². The van der Waals surface area contributed by atoms with Gasteiger partial charge in [-0.15, -0.1) is 10.2 Å². The highest BCUT2D eigenvalue weighted by molar-refractivity contribution is 7.18. The van der Waals surface area contributed by atoms with E-state index in [1.54, 1.807) is 6.92 Å².